The molecule has 2 heterocycles. The fourth-order valence-electron chi connectivity index (χ4n) is 3.12. The van der Waals surface area contributed by atoms with Crippen molar-refractivity contribution in [2.75, 3.05) is 11.1 Å². The van der Waals surface area contributed by atoms with Gasteiger partial charge in [-0.3, -0.25) is 5.10 Å². The first-order chi connectivity index (χ1) is 14.5. The van der Waals surface area contributed by atoms with Gasteiger partial charge in [-0.1, -0.05) is 54.1 Å². The molecule has 0 fully saturated rings. The van der Waals surface area contributed by atoms with Crippen molar-refractivity contribution in [3.05, 3.63) is 88.3 Å². The second-order valence-electron chi connectivity index (χ2n) is 6.95. The number of benzene rings is 2. The molecule has 4 aromatic rings. The minimum Gasteiger partial charge on any atom is -0.382 e. The van der Waals surface area contributed by atoms with E-state index >= 15 is 0 Å². The number of nitrogens with one attached hydrogen (secondary N) is 2. The Morgan fingerprint density at radius 3 is 2.57 bits per heavy atom. The Morgan fingerprint density at radius 1 is 1.10 bits per heavy atom. The molecule has 0 saturated carbocycles. The Hall–Kier alpha value is -3.45. The summed E-state index contributed by atoms with van der Waals surface area (Å²) in [5, 5.41) is 10.8. The van der Waals surface area contributed by atoms with Gasteiger partial charge < -0.3 is 11.1 Å². The molecule has 30 heavy (non-hydrogen) atoms. The Balaban J connectivity index is 1.58. The number of nitrogens with two attached hydrogens (primary N) is 1. The summed E-state index contributed by atoms with van der Waals surface area (Å²) in [5.41, 5.74) is 10.0. The zero-order chi connectivity index (χ0) is 21.1. The number of rotatable bonds is 6. The van der Waals surface area contributed by atoms with Gasteiger partial charge in [0, 0.05) is 12.1 Å². The molecule has 4 N–H and O–H groups in total. The molecule has 6 nitrogen and oxygen atoms in total. The Morgan fingerprint density at radius 2 is 1.83 bits per heavy atom. The van der Waals surface area contributed by atoms with E-state index in [1.54, 1.807) is 12.1 Å². The number of aromatic nitrogens is 4. The van der Waals surface area contributed by atoms with Crippen LogP contribution in [0.3, 0.4) is 0 Å². The van der Waals surface area contributed by atoms with Crippen LogP contribution < -0.4 is 11.1 Å². The van der Waals surface area contributed by atoms with Crippen molar-refractivity contribution in [3.8, 4) is 11.4 Å². The fourth-order valence-corrected chi connectivity index (χ4v) is 3.30. The predicted octanol–water partition coefficient (Wildman–Crippen LogP) is 5.01. The van der Waals surface area contributed by atoms with E-state index in [0.717, 1.165) is 16.8 Å². The largest absolute Gasteiger partial charge is 0.382 e. The molecule has 0 aliphatic rings. The molecule has 152 valence electrons. The van der Waals surface area contributed by atoms with Crippen LogP contribution in [0.5, 0.6) is 0 Å². The number of aromatic amines is 1. The van der Waals surface area contributed by atoms with Crippen molar-refractivity contribution in [1.82, 2.24) is 20.2 Å². The van der Waals surface area contributed by atoms with E-state index < -0.39 is 0 Å². The normalized spacial score (nSPS) is 12.0. The van der Waals surface area contributed by atoms with Gasteiger partial charge in [0.25, 0.3) is 0 Å². The molecule has 0 radical (unpaired) electrons. The van der Waals surface area contributed by atoms with Crippen molar-refractivity contribution in [1.29, 1.82) is 0 Å². The van der Waals surface area contributed by atoms with Crippen LogP contribution in [-0.4, -0.2) is 20.2 Å². The standard InChI is InChI=1S/C22H20ClFN6/c1-13(15-7-9-16(24)10-8-15)26-22-27-20(19(23)21(25)28-22)18-12-17(29-30-18)11-14-5-3-2-4-6-14/h2-10,12-13H,11H2,1H3,(H,29,30)(H3,25,26,27,28)/t13-/m0/s1. The predicted molar refractivity (Wildman–Crippen MR) is 117 cm³/mol. The van der Waals surface area contributed by atoms with Crippen LogP contribution in [0.2, 0.25) is 5.02 Å². The van der Waals surface area contributed by atoms with Crippen molar-refractivity contribution >= 4 is 23.4 Å². The van der Waals surface area contributed by atoms with E-state index in [2.05, 4.69) is 37.6 Å². The molecule has 0 unspecified atom stereocenters. The van der Waals surface area contributed by atoms with Crippen molar-refractivity contribution in [2.45, 2.75) is 19.4 Å². The molecule has 0 aliphatic carbocycles. The first kappa shape index (κ1) is 19.8. The third-order valence-corrected chi connectivity index (χ3v) is 5.08. The summed E-state index contributed by atoms with van der Waals surface area (Å²) < 4.78 is 13.2. The van der Waals surface area contributed by atoms with Crippen LogP contribution in [0.15, 0.2) is 60.7 Å². The first-order valence-corrected chi connectivity index (χ1v) is 9.81. The zero-order valence-electron chi connectivity index (χ0n) is 16.2. The Labute approximate surface area is 178 Å². The third kappa shape index (κ3) is 4.41. The maximum Gasteiger partial charge on any atom is 0.225 e. The summed E-state index contributed by atoms with van der Waals surface area (Å²) in [5.74, 6) is 0.185. The molecule has 2 aromatic heterocycles. The number of nitrogen functional groups attached to an aromatic ring is 1. The molecule has 0 spiro atoms. The summed E-state index contributed by atoms with van der Waals surface area (Å²) in [6, 6.07) is 18.0. The molecular formula is C22H20ClFN6. The second kappa shape index (κ2) is 8.51. The van der Waals surface area contributed by atoms with Gasteiger partial charge in [-0.15, -0.1) is 0 Å². The lowest BCUT2D eigenvalue weighted by Crippen LogP contribution is -2.11. The number of anilines is 2. The van der Waals surface area contributed by atoms with Gasteiger partial charge in [0.05, 0.1) is 6.04 Å². The van der Waals surface area contributed by atoms with Crippen molar-refractivity contribution in [2.24, 2.45) is 0 Å². The van der Waals surface area contributed by atoms with Crippen molar-refractivity contribution < 1.29 is 4.39 Å². The lowest BCUT2D eigenvalue weighted by molar-refractivity contribution is 0.626. The van der Waals surface area contributed by atoms with Gasteiger partial charge in [0.2, 0.25) is 5.95 Å². The van der Waals surface area contributed by atoms with Crippen LogP contribution in [0, 0.1) is 5.82 Å². The summed E-state index contributed by atoms with van der Waals surface area (Å²) >= 11 is 6.37. The molecule has 8 heteroatoms. The number of hydrogen-bond acceptors (Lipinski definition) is 5. The highest BCUT2D eigenvalue weighted by Crippen LogP contribution is 2.31. The molecular weight excluding hydrogens is 403 g/mol. The van der Waals surface area contributed by atoms with Crippen LogP contribution in [0.1, 0.15) is 29.8 Å². The third-order valence-electron chi connectivity index (χ3n) is 4.70. The highest BCUT2D eigenvalue weighted by atomic mass is 35.5. The van der Waals surface area contributed by atoms with E-state index in [1.807, 2.05) is 31.2 Å². The van der Waals surface area contributed by atoms with Crippen LogP contribution in [0.4, 0.5) is 16.2 Å². The van der Waals surface area contributed by atoms with E-state index in [4.69, 9.17) is 17.3 Å². The van der Waals surface area contributed by atoms with E-state index in [9.17, 15) is 4.39 Å². The highest BCUT2D eigenvalue weighted by Gasteiger charge is 2.17. The minimum absolute atomic E-state index is 0.156. The van der Waals surface area contributed by atoms with Crippen molar-refractivity contribution in [3.63, 3.8) is 0 Å². The second-order valence-corrected chi connectivity index (χ2v) is 7.33. The average molecular weight is 423 g/mol. The lowest BCUT2D eigenvalue weighted by atomic mass is 10.1. The van der Waals surface area contributed by atoms with Crippen LogP contribution in [0.25, 0.3) is 11.4 Å². The molecule has 1 atom stereocenters. The zero-order valence-corrected chi connectivity index (χ0v) is 17.0. The molecule has 2 aromatic carbocycles. The van der Waals surface area contributed by atoms with E-state index in [-0.39, 0.29) is 22.7 Å². The average Bonchev–Trinajstić information content (AvgIpc) is 3.20. The van der Waals surface area contributed by atoms with Gasteiger partial charge in [-0.25, -0.2) is 9.37 Å². The Kier molecular flexibility index (Phi) is 5.63. The van der Waals surface area contributed by atoms with Gasteiger partial charge in [0.1, 0.15) is 28.0 Å². The maximum atomic E-state index is 13.2. The SMILES string of the molecule is C[C@H](Nc1nc(N)c(Cl)c(-c2cc(Cc3ccccc3)[nH]n2)n1)c1ccc(F)cc1. The van der Waals surface area contributed by atoms with Gasteiger partial charge in [-0.05, 0) is 36.2 Å². The number of hydrogen-bond donors (Lipinski definition) is 3. The summed E-state index contributed by atoms with van der Waals surface area (Å²) in [7, 11) is 0. The maximum absolute atomic E-state index is 13.2. The summed E-state index contributed by atoms with van der Waals surface area (Å²) in [4.78, 5) is 8.74. The quantitative estimate of drug-likeness (QED) is 0.406. The highest BCUT2D eigenvalue weighted by molar-refractivity contribution is 6.35. The molecule has 0 aliphatic heterocycles. The Bertz CT molecular complexity index is 1140. The number of H-pyrrole nitrogens is 1. The van der Waals surface area contributed by atoms with Crippen LogP contribution >= 0.6 is 11.6 Å². The topological polar surface area (TPSA) is 92.5 Å². The number of halogens is 2. The lowest BCUT2D eigenvalue weighted by Gasteiger charge is -2.15. The first-order valence-electron chi connectivity index (χ1n) is 9.43. The van der Waals surface area contributed by atoms with E-state index in [0.29, 0.717) is 23.8 Å². The van der Waals surface area contributed by atoms with Crippen LogP contribution in [-0.2, 0) is 6.42 Å². The fraction of sp³-hybridized carbons (Fsp3) is 0.136. The molecule has 4 rings (SSSR count). The molecule has 0 saturated heterocycles. The smallest absolute Gasteiger partial charge is 0.225 e. The van der Waals surface area contributed by atoms with E-state index in [1.165, 1.54) is 12.1 Å². The number of nitrogens with zero attached hydrogens (tertiary/aromatic N) is 3. The monoisotopic (exact) mass is 422 g/mol. The molecule has 0 bridgehead atoms. The summed E-state index contributed by atoms with van der Waals surface area (Å²) in [6.07, 6.45) is 0.707. The molecule has 0 amide bonds. The van der Waals surface area contributed by atoms with Gasteiger partial charge in [-0.2, -0.15) is 10.1 Å². The summed E-state index contributed by atoms with van der Waals surface area (Å²) in [6.45, 7) is 1.92. The van der Waals surface area contributed by atoms with Gasteiger partial charge >= 0.3 is 0 Å². The van der Waals surface area contributed by atoms with Gasteiger partial charge in [0.15, 0.2) is 0 Å². The minimum atomic E-state index is -0.287.